The van der Waals surface area contributed by atoms with Crippen LogP contribution in [0.2, 0.25) is 0 Å². The van der Waals surface area contributed by atoms with E-state index in [2.05, 4.69) is 27.8 Å². The molecule has 0 saturated carbocycles. The van der Waals surface area contributed by atoms with Crippen LogP contribution < -0.4 is 10.6 Å². The van der Waals surface area contributed by atoms with Crippen LogP contribution in [0, 0.1) is 0 Å². The molecule has 2 N–H and O–H groups in total. The standard InChI is InChI=1S/C40H47N5O4/c1-44(38(46)29-49-28-35-14-9-22-42-35)37(27-32-15-17-34(18-16-32)33-12-7-4-8-13-33)40(48)45(2)36(26-31-10-5-3-6-11-31)39(47)43-25-21-30-19-23-41-24-20-30/h3-8,10-13,15-20,23-24,35-37,42H,9,14,21-22,25-29H2,1-2H3,(H,43,47)/t35-,36+,37+/m0/s1. The number of hydrogen-bond donors (Lipinski definition) is 2. The number of hydrogen-bond acceptors (Lipinski definition) is 6. The van der Waals surface area contributed by atoms with Gasteiger partial charge in [0.25, 0.3) is 0 Å². The largest absolute Gasteiger partial charge is 0.370 e. The van der Waals surface area contributed by atoms with Crippen LogP contribution in [0.5, 0.6) is 0 Å². The van der Waals surface area contributed by atoms with E-state index in [1.54, 1.807) is 26.5 Å². The Hall–Kier alpha value is -4.86. The third-order valence-electron chi connectivity index (χ3n) is 9.19. The van der Waals surface area contributed by atoms with Crippen molar-refractivity contribution >= 4 is 17.7 Å². The van der Waals surface area contributed by atoms with Crippen LogP contribution in [0.1, 0.15) is 29.5 Å². The minimum absolute atomic E-state index is 0.127. The van der Waals surface area contributed by atoms with Crippen LogP contribution in [0.4, 0.5) is 0 Å². The van der Waals surface area contributed by atoms with Gasteiger partial charge in [0.15, 0.2) is 0 Å². The maximum atomic E-state index is 14.5. The molecular weight excluding hydrogens is 614 g/mol. The fourth-order valence-electron chi connectivity index (χ4n) is 6.17. The first kappa shape index (κ1) is 35.4. The molecule has 1 fully saturated rings. The molecule has 3 atom stereocenters. The number of carbonyl (C=O) groups is 3. The highest BCUT2D eigenvalue weighted by Gasteiger charge is 2.35. The van der Waals surface area contributed by atoms with Gasteiger partial charge in [-0.05, 0) is 65.8 Å². The lowest BCUT2D eigenvalue weighted by Gasteiger charge is -2.34. The summed E-state index contributed by atoms with van der Waals surface area (Å²) in [5.74, 6) is -0.848. The molecule has 0 unspecified atom stereocenters. The minimum atomic E-state index is -0.851. The Kier molecular flexibility index (Phi) is 13.1. The number of amides is 3. The van der Waals surface area contributed by atoms with E-state index in [-0.39, 0.29) is 36.8 Å². The molecule has 49 heavy (non-hydrogen) atoms. The van der Waals surface area contributed by atoms with Gasteiger partial charge < -0.3 is 25.2 Å². The van der Waals surface area contributed by atoms with Crippen molar-refractivity contribution in [2.45, 2.75) is 50.2 Å². The first-order chi connectivity index (χ1) is 23.9. The molecule has 0 spiro atoms. The van der Waals surface area contributed by atoms with Gasteiger partial charge >= 0.3 is 0 Å². The summed E-state index contributed by atoms with van der Waals surface area (Å²) in [5, 5.41) is 6.42. The van der Waals surface area contributed by atoms with Gasteiger partial charge in [0.2, 0.25) is 17.7 Å². The second-order valence-corrected chi connectivity index (χ2v) is 12.6. The van der Waals surface area contributed by atoms with Crippen molar-refractivity contribution in [3.8, 4) is 11.1 Å². The normalized spacial score (nSPS) is 15.3. The van der Waals surface area contributed by atoms with Crippen LogP contribution in [-0.2, 0) is 38.4 Å². The molecule has 5 rings (SSSR count). The monoisotopic (exact) mass is 661 g/mol. The average molecular weight is 662 g/mol. The van der Waals surface area contributed by atoms with Crippen molar-refractivity contribution in [3.05, 3.63) is 126 Å². The van der Waals surface area contributed by atoms with Crippen molar-refractivity contribution in [2.75, 3.05) is 40.4 Å². The van der Waals surface area contributed by atoms with Gasteiger partial charge in [0.05, 0.1) is 6.61 Å². The lowest BCUT2D eigenvalue weighted by atomic mass is 9.98. The maximum Gasteiger partial charge on any atom is 0.249 e. The van der Waals surface area contributed by atoms with Crippen molar-refractivity contribution < 1.29 is 19.1 Å². The lowest BCUT2D eigenvalue weighted by molar-refractivity contribution is -0.149. The SMILES string of the molecule is CN(C(=O)COC[C@@H]1CCCN1)[C@H](Cc1ccc(-c2ccccc2)cc1)C(=O)N(C)[C@H](Cc1ccccc1)C(=O)NCCc1ccncc1. The van der Waals surface area contributed by atoms with Crippen molar-refractivity contribution in [1.82, 2.24) is 25.4 Å². The summed E-state index contributed by atoms with van der Waals surface area (Å²) >= 11 is 0. The Morgan fingerprint density at radius 1 is 0.796 bits per heavy atom. The number of rotatable bonds is 16. The van der Waals surface area contributed by atoms with Crippen LogP contribution in [0.15, 0.2) is 109 Å². The van der Waals surface area contributed by atoms with Gasteiger partial charge in [-0.15, -0.1) is 0 Å². The van der Waals surface area contributed by atoms with Crippen molar-refractivity contribution in [2.24, 2.45) is 0 Å². The molecule has 1 aliphatic rings. The summed E-state index contributed by atoms with van der Waals surface area (Å²) in [7, 11) is 3.31. The Bertz CT molecular complexity index is 1610. The predicted octanol–water partition coefficient (Wildman–Crippen LogP) is 4.32. The molecule has 9 nitrogen and oxygen atoms in total. The summed E-state index contributed by atoms with van der Waals surface area (Å²) in [6, 6.07) is 30.3. The Morgan fingerprint density at radius 2 is 1.43 bits per heavy atom. The zero-order valence-electron chi connectivity index (χ0n) is 28.5. The molecule has 1 saturated heterocycles. The van der Waals surface area contributed by atoms with Gasteiger partial charge in [0.1, 0.15) is 18.7 Å². The smallest absolute Gasteiger partial charge is 0.249 e. The van der Waals surface area contributed by atoms with E-state index in [0.29, 0.717) is 26.0 Å². The molecule has 9 heteroatoms. The highest BCUT2D eigenvalue weighted by molar-refractivity contribution is 5.92. The maximum absolute atomic E-state index is 14.5. The van der Waals surface area contributed by atoms with Crippen LogP contribution in [0.3, 0.4) is 0 Å². The number of ether oxygens (including phenoxy) is 1. The van der Waals surface area contributed by atoms with E-state index in [4.69, 9.17) is 4.74 Å². The van der Waals surface area contributed by atoms with Crippen LogP contribution in [0.25, 0.3) is 11.1 Å². The molecule has 1 aliphatic heterocycles. The topological polar surface area (TPSA) is 104 Å². The van der Waals surface area contributed by atoms with Gasteiger partial charge in [-0.2, -0.15) is 0 Å². The van der Waals surface area contributed by atoms with Gasteiger partial charge in [-0.25, -0.2) is 0 Å². The van der Waals surface area contributed by atoms with E-state index < -0.39 is 12.1 Å². The fourth-order valence-corrected chi connectivity index (χ4v) is 6.17. The first-order valence-corrected chi connectivity index (χ1v) is 17.1. The third-order valence-corrected chi connectivity index (χ3v) is 9.19. The number of benzene rings is 3. The molecule has 0 radical (unpaired) electrons. The number of likely N-dealkylation sites (N-methyl/N-ethyl adjacent to an activating group) is 2. The predicted molar refractivity (Wildman–Crippen MR) is 192 cm³/mol. The third kappa shape index (κ3) is 10.3. The lowest BCUT2D eigenvalue weighted by Crippen LogP contribution is -2.56. The highest BCUT2D eigenvalue weighted by atomic mass is 16.5. The van der Waals surface area contributed by atoms with E-state index in [1.165, 1.54) is 9.80 Å². The second kappa shape index (κ2) is 18.1. The quantitative estimate of drug-likeness (QED) is 0.186. The number of aromatic nitrogens is 1. The minimum Gasteiger partial charge on any atom is -0.370 e. The molecule has 0 bridgehead atoms. The van der Waals surface area contributed by atoms with Crippen molar-refractivity contribution in [1.29, 1.82) is 0 Å². The second-order valence-electron chi connectivity index (χ2n) is 12.6. The van der Waals surface area contributed by atoms with Crippen LogP contribution >= 0.6 is 0 Å². The molecule has 3 amide bonds. The van der Waals surface area contributed by atoms with E-state index in [1.807, 2.05) is 84.9 Å². The summed E-state index contributed by atoms with van der Waals surface area (Å²) < 4.78 is 5.80. The number of carbonyl (C=O) groups excluding carboxylic acids is 3. The number of pyridine rings is 1. The molecular formula is C40H47N5O4. The molecule has 256 valence electrons. The first-order valence-electron chi connectivity index (χ1n) is 17.1. The summed E-state index contributed by atoms with van der Waals surface area (Å²) in [6.07, 6.45) is 6.82. The average Bonchev–Trinajstić information content (AvgIpc) is 3.67. The van der Waals surface area contributed by atoms with Gasteiger partial charge in [-0.1, -0.05) is 84.9 Å². The van der Waals surface area contributed by atoms with Crippen molar-refractivity contribution in [3.63, 3.8) is 0 Å². The highest BCUT2D eigenvalue weighted by Crippen LogP contribution is 2.21. The summed E-state index contributed by atoms with van der Waals surface area (Å²) in [5.41, 5.74) is 5.06. The summed E-state index contributed by atoms with van der Waals surface area (Å²) in [4.78, 5) is 48.8. The Balaban J connectivity index is 1.34. The van der Waals surface area contributed by atoms with Crippen LogP contribution in [-0.4, -0.2) is 91.0 Å². The van der Waals surface area contributed by atoms with E-state index >= 15 is 0 Å². The Labute approximate surface area is 289 Å². The zero-order valence-corrected chi connectivity index (χ0v) is 28.5. The number of nitrogens with one attached hydrogen (secondary N) is 2. The molecule has 2 heterocycles. The van der Waals surface area contributed by atoms with E-state index in [9.17, 15) is 14.4 Å². The van der Waals surface area contributed by atoms with E-state index in [0.717, 1.165) is 47.2 Å². The fraction of sp³-hybridized carbons (Fsp3) is 0.350. The molecule has 0 aliphatic carbocycles. The summed E-state index contributed by atoms with van der Waals surface area (Å²) in [6.45, 7) is 1.68. The molecule has 3 aromatic carbocycles. The van der Waals surface area contributed by atoms with Gasteiger partial charge in [-0.3, -0.25) is 19.4 Å². The number of nitrogens with zero attached hydrogens (tertiary/aromatic N) is 3. The molecule has 4 aromatic rings. The van der Waals surface area contributed by atoms with Gasteiger partial charge in [0, 0.05) is 51.9 Å². The zero-order chi connectivity index (χ0) is 34.4. The Morgan fingerprint density at radius 3 is 2.10 bits per heavy atom. The molecule has 1 aromatic heterocycles.